The van der Waals surface area contributed by atoms with Gasteiger partial charge in [0.2, 0.25) is 0 Å². The van der Waals surface area contributed by atoms with Crippen molar-refractivity contribution >= 4 is 11.6 Å². The van der Waals surface area contributed by atoms with Gasteiger partial charge < -0.3 is 5.73 Å². The lowest BCUT2D eigenvalue weighted by Crippen LogP contribution is -2.02. The van der Waals surface area contributed by atoms with Gasteiger partial charge in [0.1, 0.15) is 0 Å². The molecule has 2 heteroatoms. The molecule has 0 heterocycles. The van der Waals surface area contributed by atoms with Crippen LogP contribution < -0.4 is 5.73 Å². The van der Waals surface area contributed by atoms with Crippen LogP contribution in [0, 0.1) is 0 Å². The molecule has 14 heavy (non-hydrogen) atoms. The fourth-order valence-electron chi connectivity index (χ4n) is 2.27. The minimum absolute atomic E-state index is 0.765. The minimum Gasteiger partial charge on any atom is -0.330 e. The van der Waals surface area contributed by atoms with E-state index in [1.54, 1.807) is 5.56 Å². The maximum Gasteiger partial charge on any atom is 0.0411 e. The van der Waals surface area contributed by atoms with Crippen molar-refractivity contribution in [1.29, 1.82) is 0 Å². The largest absolute Gasteiger partial charge is 0.330 e. The van der Waals surface area contributed by atoms with E-state index >= 15 is 0 Å². The first-order valence-electron chi connectivity index (χ1n) is 5.31. The van der Waals surface area contributed by atoms with E-state index < -0.39 is 0 Å². The molecule has 0 aliphatic heterocycles. The Labute approximate surface area is 90.3 Å². The van der Waals surface area contributed by atoms with E-state index in [2.05, 4.69) is 12.1 Å². The first-order chi connectivity index (χ1) is 6.81. The van der Waals surface area contributed by atoms with Gasteiger partial charge in [-0.25, -0.2) is 0 Å². The highest BCUT2D eigenvalue weighted by molar-refractivity contribution is 6.30. The van der Waals surface area contributed by atoms with Crippen LogP contribution in [0.4, 0.5) is 0 Å². The summed E-state index contributed by atoms with van der Waals surface area (Å²) in [6.45, 7) is 0.765. The van der Waals surface area contributed by atoms with Gasteiger partial charge in [-0.2, -0.15) is 0 Å². The smallest absolute Gasteiger partial charge is 0.0411 e. The van der Waals surface area contributed by atoms with Crippen LogP contribution in [-0.4, -0.2) is 6.54 Å². The molecule has 0 fully saturated rings. The molecule has 76 valence electrons. The second-order valence-electron chi connectivity index (χ2n) is 3.95. The minimum atomic E-state index is 0.765. The SMILES string of the molecule is NCCCc1cc(Cl)cc2c1CCC2. The molecular weight excluding hydrogens is 194 g/mol. The standard InChI is InChI=1S/C12H16ClN/c13-11-7-9-3-1-5-12(9)10(8-11)4-2-6-14/h7-8H,1-6,14H2. The summed E-state index contributed by atoms with van der Waals surface area (Å²) in [6, 6.07) is 4.23. The maximum absolute atomic E-state index is 6.08. The molecule has 0 saturated carbocycles. The molecule has 2 N–H and O–H groups in total. The normalized spacial score (nSPS) is 14.4. The van der Waals surface area contributed by atoms with Crippen LogP contribution >= 0.6 is 11.6 Å². The van der Waals surface area contributed by atoms with E-state index in [0.717, 1.165) is 24.4 Å². The molecule has 0 aromatic heterocycles. The van der Waals surface area contributed by atoms with Crippen LogP contribution in [-0.2, 0) is 19.3 Å². The third-order valence-electron chi connectivity index (χ3n) is 2.92. The first kappa shape index (κ1) is 10.0. The number of benzene rings is 1. The third-order valence-corrected chi connectivity index (χ3v) is 3.14. The summed E-state index contributed by atoms with van der Waals surface area (Å²) in [5, 5.41) is 0.887. The molecular formula is C12H16ClN. The van der Waals surface area contributed by atoms with Crippen molar-refractivity contribution < 1.29 is 0 Å². The number of fused-ring (bicyclic) bond motifs is 1. The summed E-state index contributed by atoms with van der Waals surface area (Å²) >= 11 is 6.08. The van der Waals surface area contributed by atoms with Gasteiger partial charge in [-0.15, -0.1) is 0 Å². The van der Waals surface area contributed by atoms with Gasteiger partial charge in [0.05, 0.1) is 0 Å². The average molecular weight is 210 g/mol. The number of hydrogen-bond acceptors (Lipinski definition) is 1. The van der Waals surface area contributed by atoms with Gasteiger partial charge in [0, 0.05) is 5.02 Å². The number of halogens is 1. The first-order valence-corrected chi connectivity index (χ1v) is 5.69. The van der Waals surface area contributed by atoms with Gasteiger partial charge in [0.25, 0.3) is 0 Å². The number of hydrogen-bond donors (Lipinski definition) is 1. The third kappa shape index (κ3) is 1.94. The molecule has 1 aliphatic rings. The second kappa shape index (κ2) is 4.33. The van der Waals surface area contributed by atoms with Crippen molar-refractivity contribution in [1.82, 2.24) is 0 Å². The van der Waals surface area contributed by atoms with Crippen molar-refractivity contribution in [2.75, 3.05) is 6.54 Å². The zero-order chi connectivity index (χ0) is 9.97. The lowest BCUT2D eigenvalue weighted by molar-refractivity contribution is 0.820. The highest BCUT2D eigenvalue weighted by Crippen LogP contribution is 2.29. The Balaban J connectivity index is 2.29. The quantitative estimate of drug-likeness (QED) is 0.814. The summed E-state index contributed by atoms with van der Waals surface area (Å²) < 4.78 is 0. The molecule has 0 spiro atoms. The Morgan fingerprint density at radius 1 is 1.29 bits per heavy atom. The van der Waals surface area contributed by atoms with Crippen LogP contribution in [0.15, 0.2) is 12.1 Å². The van der Waals surface area contributed by atoms with Crippen LogP contribution in [0.5, 0.6) is 0 Å². The second-order valence-corrected chi connectivity index (χ2v) is 4.38. The summed E-state index contributed by atoms with van der Waals surface area (Å²) in [4.78, 5) is 0. The highest BCUT2D eigenvalue weighted by atomic mass is 35.5. The van der Waals surface area contributed by atoms with Crippen molar-refractivity contribution in [3.63, 3.8) is 0 Å². The van der Waals surface area contributed by atoms with Gasteiger partial charge >= 0.3 is 0 Å². The van der Waals surface area contributed by atoms with Gasteiger partial charge in [-0.05, 0) is 67.5 Å². The van der Waals surface area contributed by atoms with Crippen LogP contribution in [0.25, 0.3) is 0 Å². The number of nitrogens with two attached hydrogens (primary N) is 1. The fraction of sp³-hybridized carbons (Fsp3) is 0.500. The average Bonchev–Trinajstić information content (AvgIpc) is 2.61. The lowest BCUT2D eigenvalue weighted by Gasteiger charge is -2.08. The Morgan fingerprint density at radius 3 is 2.93 bits per heavy atom. The van der Waals surface area contributed by atoms with E-state index in [4.69, 9.17) is 17.3 Å². The molecule has 1 aromatic rings. The topological polar surface area (TPSA) is 26.0 Å². The molecule has 0 bridgehead atoms. The molecule has 1 aliphatic carbocycles. The molecule has 0 unspecified atom stereocenters. The van der Waals surface area contributed by atoms with Gasteiger partial charge in [0.15, 0.2) is 0 Å². The molecule has 1 aromatic carbocycles. The lowest BCUT2D eigenvalue weighted by atomic mass is 9.99. The predicted molar refractivity (Wildman–Crippen MR) is 60.9 cm³/mol. The van der Waals surface area contributed by atoms with Crippen molar-refractivity contribution in [3.8, 4) is 0 Å². The maximum atomic E-state index is 6.08. The Bertz CT molecular complexity index is 333. The molecule has 0 atom stereocenters. The molecule has 2 rings (SSSR count). The van der Waals surface area contributed by atoms with Crippen molar-refractivity contribution in [2.24, 2.45) is 5.73 Å². The molecule has 0 radical (unpaired) electrons. The molecule has 0 saturated heterocycles. The van der Waals surface area contributed by atoms with Crippen molar-refractivity contribution in [3.05, 3.63) is 33.8 Å². The molecule has 1 nitrogen and oxygen atoms in total. The molecule has 0 amide bonds. The van der Waals surface area contributed by atoms with Crippen LogP contribution in [0.3, 0.4) is 0 Å². The number of aryl methyl sites for hydroxylation is 2. The monoisotopic (exact) mass is 209 g/mol. The van der Waals surface area contributed by atoms with Gasteiger partial charge in [-0.3, -0.25) is 0 Å². The van der Waals surface area contributed by atoms with Crippen molar-refractivity contribution in [2.45, 2.75) is 32.1 Å². The van der Waals surface area contributed by atoms with Crippen LogP contribution in [0.2, 0.25) is 5.02 Å². The Hall–Kier alpha value is -0.530. The summed E-state index contributed by atoms with van der Waals surface area (Å²) in [5.74, 6) is 0. The zero-order valence-corrected chi connectivity index (χ0v) is 9.11. The van der Waals surface area contributed by atoms with Gasteiger partial charge in [-0.1, -0.05) is 11.6 Å². The summed E-state index contributed by atoms with van der Waals surface area (Å²) in [6.07, 6.45) is 5.86. The van der Waals surface area contributed by atoms with E-state index in [-0.39, 0.29) is 0 Å². The Kier molecular flexibility index (Phi) is 3.09. The Morgan fingerprint density at radius 2 is 2.14 bits per heavy atom. The van der Waals surface area contributed by atoms with Crippen LogP contribution in [0.1, 0.15) is 29.5 Å². The predicted octanol–water partition coefficient (Wildman–Crippen LogP) is 2.72. The fourth-order valence-corrected chi connectivity index (χ4v) is 2.53. The van der Waals surface area contributed by atoms with E-state index in [1.165, 1.54) is 30.4 Å². The summed E-state index contributed by atoms with van der Waals surface area (Å²) in [7, 11) is 0. The summed E-state index contributed by atoms with van der Waals surface area (Å²) in [5.41, 5.74) is 9.96. The zero-order valence-electron chi connectivity index (χ0n) is 8.35. The van der Waals surface area contributed by atoms with E-state index in [9.17, 15) is 0 Å². The van der Waals surface area contributed by atoms with E-state index in [0.29, 0.717) is 0 Å². The number of rotatable bonds is 3. The van der Waals surface area contributed by atoms with E-state index in [1.807, 2.05) is 0 Å². The highest BCUT2D eigenvalue weighted by Gasteiger charge is 2.15.